The lowest BCUT2D eigenvalue weighted by Crippen LogP contribution is -2.28. The molecule has 5 nitrogen and oxygen atoms in total. The number of carbonyl (C=O) groups is 1. The molecule has 20 heavy (non-hydrogen) atoms. The average Bonchev–Trinajstić information content (AvgIpc) is 2.74. The summed E-state index contributed by atoms with van der Waals surface area (Å²) in [4.78, 5) is 15.3. The molecule has 112 valence electrons. The third-order valence-electron chi connectivity index (χ3n) is 3.77. The van der Waals surface area contributed by atoms with E-state index in [1.165, 1.54) is 5.69 Å². The molecule has 1 aliphatic rings. The highest BCUT2D eigenvalue weighted by atomic mass is 16.5. The van der Waals surface area contributed by atoms with Crippen LogP contribution in [0, 0.1) is 5.92 Å². The molecule has 0 radical (unpaired) electrons. The van der Waals surface area contributed by atoms with Gasteiger partial charge in [-0.3, -0.25) is 4.79 Å². The van der Waals surface area contributed by atoms with Gasteiger partial charge in [-0.05, 0) is 31.5 Å². The van der Waals surface area contributed by atoms with Gasteiger partial charge in [0.05, 0.1) is 0 Å². The summed E-state index contributed by atoms with van der Waals surface area (Å²) in [6, 6.07) is 4.29. The Morgan fingerprint density at radius 1 is 1.45 bits per heavy atom. The second kappa shape index (κ2) is 6.90. The van der Waals surface area contributed by atoms with E-state index in [1.54, 1.807) is 19.0 Å². The second-order valence-electron chi connectivity index (χ2n) is 5.84. The Morgan fingerprint density at radius 2 is 2.25 bits per heavy atom. The summed E-state index contributed by atoms with van der Waals surface area (Å²) in [7, 11) is 5.66. The molecular formula is C15H25N3O2. The maximum Gasteiger partial charge on any atom is 0.248 e. The molecule has 0 saturated carbocycles. The average molecular weight is 279 g/mol. The fourth-order valence-corrected chi connectivity index (χ4v) is 2.61. The van der Waals surface area contributed by atoms with Crippen LogP contribution in [0.15, 0.2) is 18.3 Å². The van der Waals surface area contributed by atoms with E-state index in [2.05, 4.69) is 34.8 Å². The predicted molar refractivity (Wildman–Crippen MR) is 78.4 cm³/mol. The van der Waals surface area contributed by atoms with Crippen LogP contribution < -0.4 is 0 Å². The van der Waals surface area contributed by atoms with Crippen LogP contribution in [-0.2, 0) is 22.6 Å². The lowest BCUT2D eigenvalue weighted by molar-refractivity contribution is -0.133. The molecule has 1 aromatic rings. The van der Waals surface area contributed by atoms with Crippen molar-refractivity contribution in [2.75, 3.05) is 40.9 Å². The molecule has 0 aliphatic carbocycles. The third-order valence-corrected chi connectivity index (χ3v) is 3.77. The molecule has 0 unspecified atom stereocenters. The Hall–Kier alpha value is -1.33. The molecule has 5 heteroatoms. The van der Waals surface area contributed by atoms with E-state index in [0.717, 1.165) is 26.1 Å². The van der Waals surface area contributed by atoms with Gasteiger partial charge < -0.3 is 19.1 Å². The molecule has 1 aliphatic heterocycles. The van der Waals surface area contributed by atoms with Crippen molar-refractivity contribution in [3.8, 4) is 0 Å². The van der Waals surface area contributed by atoms with Gasteiger partial charge in [0, 0.05) is 52.2 Å². The number of nitrogens with zero attached hydrogens (tertiary/aromatic N) is 3. The zero-order valence-electron chi connectivity index (χ0n) is 12.7. The van der Waals surface area contributed by atoms with Gasteiger partial charge in [-0.1, -0.05) is 0 Å². The molecule has 1 amide bonds. The summed E-state index contributed by atoms with van der Waals surface area (Å²) in [6.07, 6.45) is 3.14. The predicted octanol–water partition coefficient (Wildman–Crippen LogP) is 1.04. The summed E-state index contributed by atoms with van der Waals surface area (Å²) in [5.41, 5.74) is 1.37. The number of hydrogen-bond acceptors (Lipinski definition) is 3. The minimum Gasteiger partial charge on any atom is -0.372 e. The van der Waals surface area contributed by atoms with Crippen LogP contribution in [-0.4, -0.2) is 61.2 Å². The SMILES string of the molecule is CN1Cc2cccn2C[C@H](CCOCC(=O)N(C)C)C1. The fourth-order valence-electron chi connectivity index (χ4n) is 2.61. The minimum atomic E-state index is 0.0238. The highest BCUT2D eigenvalue weighted by molar-refractivity contribution is 5.76. The van der Waals surface area contributed by atoms with Crippen LogP contribution in [0.1, 0.15) is 12.1 Å². The molecule has 0 spiro atoms. The third kappa shape index (κ3) is 4.08. The molecule has 2 heterocycles. The van der Waals surface area contributed by atoms with E-state index in [9.17, 15) is 4.79 Å². The molecule has 1 atom stereocenters. The van der Waals surface area contributed by atoms with Crippen LogP contribution in [0.25, 0.3) is 0 Å². The fraction of sp³-hybridized carbons (Fsp3) is 0.667. The summed E-state index contributed by atoms with van der Waals surface area (Å²) in [5, 5.41) is 0. The monoisotopic (exact) mass is 279 g/mol. The zero-order valence-corrected chi connectivity index (χ0v) is 12.7. The highest BCUT2D eigenvalue weighted by Gasteiger charge is 2.19. The van der Waals surface area contributed by atoms with Crippen LogP contribution in [0.3, 0.4) is 0 Å². The van der Waals surface area contributed by atoms with Crippen LogP contribution >= 0.6 is 0 Å². The first-order valence-corrected chi connectivity index (χ1v) is 7.16. The molecule has 0 saturated heterocycles. The standard InChI is InChI=1S/C15H25N3O2/c1-16(2)15(19)12-20-8-6-13-9-17(3)11-14-5-4-7-18(14)10-13/h4-5,7,13H,6,8-12H2,1-3H3/t13-/m1/s1. The van der Waals surface area contributed by atoms with E-state index in [0.29, 0.717) is 12.5 Å². The quantitative estimate of drug-likeness (QED) is 0.756. The van der Waals surface area contributed by atoms with Crippen LogP contribution in [0.2, 0.25) is 0 Å². The van der Waals surface area contributed by atoms with Crippen LogP contribution in [0.4, 0.5) is 0 Å². The van der Waals surface area contributed by atoms with Gasteiger partial charge in [0.15, 0.2) is 0 Å². The number of aromatic nitrogens is 1. The first-order chi connectivity index (χ1) is 9.56. The van der Waals surface area contributed by atoms with Crippen molar-refractivity contribution in [2.24, 2.45) is 5.92 Å². The Bertz CT molecular complexity index is 442. The zero-order chi connectivity index (χ0) is 14.5. The number of hydrogen-bond donors (Lipinski definition) is 0. The van der Waals surface area contributed by atoms with Gasteiger partial charge in [0.2, 0.25) is 5.91 Å². The largest absolute Gasteiger partial charge is 0.372 e. The molecular weight excluding hydrogens is 254 g/mol. The van der Waals surface area contributed by atoms with Gasteiger partial charge in [0.1, 0.15) is 6.61 Å². The number of amides is 1. The molecule has 0 bridgehead atoms. The minimum absolute atomic E-state index is 0.0238. The Morgan fingerprint density at radius 3 is 3.00 bits per heavy atom. The molecule has 0 N–H and O–H groups in total. The van der Waals surface area contributed by atoms with Crippen molar-refractivity contribution >= 4 is 5.91 Å². The van der Waals surface area contributed by atoms with Crippen molar-refractivity contribution < 1.29 is 9.53 Å². The lowest BCUT2D eigenvalue weighted by Gasteiger charge is -2.20. The summed E-state index contributed by atoms with van der Waals surface area (Å²) in [5.74, 6) is 0.596. The number of likely N-dealkylation sites (N-methyl/N-ethyl adjacent to an activating group) is 1. The Labute approximate surface area is 121 Å². The molecule has 0 fully saturated rings. The number of carbonyl (C=O) groups excluding carboxylic acids is 1. The van der Waals surface area contributed by atoms with E-state index < -0.39 is 0 Å². The van der Waals surface area contributed by atoms with Crippen molar-refractivity contribution in [3.63, 3.8) is 0 Å². The van der Waals surface area contributed by atoms with Gasteiger partial charge in [0.25, 0.3) is 0 Å². The van der Waals surface area contributed by atoms with Crippen LogP contribution in [0.5, 0.6) is 0 Å². The van der Waals surface area contributed by atoms with Crippen molar-refractivity contribution in [1.82, 2.24) is 14.4 Å². The number of rotatable bonds is 5. The number of ether oxygens (including phenoxy) is 1. The lowest BCUT2D eigenvalue weighted by atomic mass is 10.1. The normalized spacial score (nSPS) is 19.4. The summed E-state index contributed by atoms with van der Waals surface area (Å²) < 4.78 is 7.82. The van der Waals surface area contributed by atoms with E-state index in [4.69, 9.17) is 4.74 Å². The summed E-state index contributed by atoms with van der Waals surface area (Å²) >= 11 is 0. The first kappa shape index (κ1) is 15.1. The Balaban J connectivity index is 1.77. The maximum atomic E-state index is 11.4. The van der Waals surface area contributed by atoms with E-state index in [1.807, 2.05) is 0 Å². The summed E-state index contributed by atoms with van der Waals surface area (Å²) in [6.45, 7) is 3.95. The number of fused-ring (bicyclic) bond motifs is 1. The smallest absolute Gasteiger partial charge is 0.248 e. The molecule has 0 aromatic carbocycles. The van der Waals surface area contributed by atoms with E-state index >= 15 is 0 Å². The maximum absolute atomic E-state index is 11.4. The van der Waals surface area contributed by atoms with Gasteiger partial charge in [-0.15, -0.1) is 0 Å². The second-order valence-corrected chi connectivity index (χ2v) is 5.84. The van der Waals surface area contributed by atoms with Gasteiger partial charge in [-0.2, -0.15) is 0 Å². The van der Waals surface area contributed by atoms with Crippen molar-refractivity contribution in [3.05, 3.63) is 24.0 Å². The van der Waals surface area contributed by atoms with Crippen molar-refractivity contribution in [2.45, 2.75) is 19.5 Å². The van der Waals surface area contributed by atoms with Crippen molar-refractivity contribution in [1.29, 1.82) is 0 Å². The molecule has 2 rings (SSSR count). The molecule has 1 aromatic heterocycles. The first-order valence-electron chi connectivity index (χ1n) is 7.16. The Kier molecular flexibility index (Phi) is 5.20. The van der Waals surface area contributed by atoms with Gasteiger partial charge >= 0.3 is 0 Å². The topological polar surface area (TPSA) is 37.7 Å². The van der Waals surface area contributed by atoms with E-state index in [-0.39, 0.29) is 12.5 Å². The highest BCUT2D eigenvalue weighted by Crippen LogP contribution is 2.18. The van der Waals surface area contributed by atoms with Gasteiger partial charge in [-0.25, -0.2) is 0 Å².